The Balaban J connectivity index is 1.70. The number of rotatable bonds is 5. The van der Waals surface area contributed by atoms with Gasteiger partial charge in [0.05, 0.1) is 24.3 Å². The Morgan fingerprint density at radius 1 is 1.15 bits per heavy atom. The fourth-order valence-electron chi connectivity index (χ4n) is 2.51. The Morgan fingerprint density at radius 2 is 1.85 bits per heavy atom. The molecule has 0 radical (unpaired) electrons. The standard InChI is InChI=1S/C18H18FN3O4S/c19-16-6-4-14(5-7-16)13-20-21-18(23)15-2-1-3-17(12-15)27(24,25)22-8-10-26-11-9-22/h1-7,12-13H,8-11H2,(H,21,23). The average molecular weight is 391 g/mol. The Morgan fingerprint density at radius 3 is 2.56 bits per heavy atom. The van der Waals surface area contributed by atoms with Crippen molar-refractivity contribution in [2.24, 2.45) is 5.10 Å². The highest BCUT2D eigenvalue weighted by molar-refractivity contribution is 7.89. The minimum atomic E-state index is -3.69. The number of nitrogens with one attached hydrogen (secondary N) is 1. The van der Waals surface area contributed by atoms with Crippen LogP contribution in [0.4, 0.5) is 4.39 Å². The minimum absolute atomic E-state index is 0.0413. The van der Waals surface area contributed by atoms with Gasteiger partial charge < -0.3 is 4.74 Å². The smallest absolute Gasteiger partial charge is 0.271 e. The lowest BCUT2D eigenvalue weighted by Crippen LogP contribution is -2.40. The van der Waals surface area contributed by atoms with E-state index in [1.807, 2.05) is 0 Å². The maximum atomic E-state index is 12.9. The van der Waals surface area contributed by atoms with Crippen molar-refractivity contribution in [1.82, 2.24) is 9.73 Å². The van der Waals surface area contributed by atoms with Crippen LogP contribution in [-0.2, 0) is 14.8 Å². The Kier molecular flexibility index (Phi) is 5.94. The highest BCUT2D eigenvalue weighted by Crippen LogP contribution is 2.18. The Bertz CT molecular complexity index is 939. The molecule has 0 spiro atoms. The third-order valence-electron chi connectivity index (χ3n) is 3.95. The van der Waals surface area contributed by atoms with Crippen LogP contribution in [0.2, 0.25) is 0 Å². The first-order valence-corrected chi connectivity index (χ1v) is 9.68. The number of carbonyl (C=O) groups excluding carboxylic acids is 1. The number of ether oxygens (including phenoxy) is 1. The molecular weight excluding hydrogens is 373 g/mol. The molecule has 1 saturated heterocycles. The molecule has 0 unspecified atom stereocenters. The number of hydrazone groups is 1. The lowest BCUT2D eigenvalue weighted by atomic mass is 10.2. The summed E-state index contributed by atoms with van der Waals surface area (Å²) in [6.45, 7) is 1.25. The van der Waals surface area contributed by atoms with E-state index >= 15 is 0 Å². The molecular formula is C18H18FN3O4S. The Hall–Kier alpha value is -2.62. The lowest BCUT2D eigenvalue weighted by Gasteiger charge is -2.26. The summed E-state index contributed by atoms with van der Waals surface area (Å²) in [5.41, 5.74) is 3.11. The molecule has 9 heteroatoms. The summed E-state index contributed by atoms with van der Waals surface area (Å²) in [6, 6.07) is 11.4. The summed E-state index contributed by atoms with van der Waals surface area (Å²) in [4.78, 5) is 12.3. The predicted molar refractivity (Wildman–Crippen MR) is 97.5 cm³/mol. The first-order chi connectivity index (χ1) is 13.0. The molecule has 1 aliphatic rings. The van der Waals surface area contributed by atoms with Crippen molar-refractivity contribution in [3.05, 3.63) is 65.5 Å². The Labute approximate surface area is 156 Å². The summed E-state index contributed by atoms with van der Waals surface area (Å²) in [6.07, 6.45) is 1.37. The molecule has 7 nitrogen and oxygen atoms in total. The van der Waals surface area contributed by atoms with Gasteiger partial charge in [-0.25, -0.2) is 18.2 Å². The summed E-state index contributed by atoms with van der Waals surface area (Å²) in [7, 11) is -3.69. The van der Waals surface area contributed by atoms with E-state index in [0.29, 0.717) is 18.8 Å². The summed E-state index contributed by atoms with van der Waals surface area (Å²) in [5.74, 6) is -0.915. The van der Waals surface area contributed by atoms with Crippen LogP contribution in [0.5, 0.6) is 0 Å². The van der Waals surface area contributed by atoms with E-state index in [9.17, 15) is 17.6 Å². The molecule has 27 heavy (non-hydrogen) atoms. The largest absolute Gasteiger partial charge is 0.379 e. The summed E-state index contributed by atoms with van der Waals surface area (Å²) < 4.78 is 44.7. The van der Waals surface area contributed by atoms with E-state index < -0.39 is 15.9 Å². The summed E-state index contributed by atoms with van der Waals surface area (Å²) in [5, 5.41) is 3.81. The van der Waals surface area contributed by atoms with E-state index in [4.69, 9.17) is 4.74 Å². The predicted octanol–water partition coefficient (Wildman–Crippen LogP) is 1.61. The number of halogens is 1. The molecule has 0 aliphatic carbocycles. The van der Waals surface area contributed by atoms with Crippen molar-refractivity contribution in [2.45, 2.75) is 4.90 Å². The third-order valence-corrected chi connectivity index (χ3v) is 5.85. The second-order valence-corrected chi connectivity index (χ2v) is 7.73. The number of hydrogen-bond donors (Lipinski definition) is 1. The normalized spacial score (nSPS) is 15.7. The number of carbonyl (C=O) groups is 1. The maximum Gasteiger partial charge on any atom is 0.271 e. The number of benzene rings is 2. The first kappa shape index (κ1) is 19.2. The van der Waals surface area contributed by atoms with E-state index in [1.165, 1.54) is 59.1 Å². The van der Waals surface area contributed by atoms with E-state index in [-0.39, 0.29) is 29.4 Å². The number of hydrogen-bond acceptors (Lipinski definition) is 5. The van der Waals surface area contributed by atoms with Gasteiger partial charge in [0.15, 0.2) is 0 Å². The van der Waals surface area contributed by atoms with Crippen molar-refractivity contribution < 1.29 is 22.3 Å². The second kappa shape index (κ2) is 8.38. The second-order valence-electron chi connectivity index (χ2n) is 5.79. The van der Waals surface area contributed by atoms with Gasteiger partial charge in [0.25, 0.3) is 5.91 Å². The molecule has 0 aromatic heterocycles. The molecule has 1 aliphatic heterocycles. The molecule has 142 valence electrons. The molecule has 0 saturated carbocycles. The molecule has 0 bridgehead atoms. The van der Waals surface area contributed by atoms with E-state index in [1.54, 1.807) is 0 Å². The van der Waals surface area contributed by atoms with Crippen molar-refractivity contribution >= 4 is 22.1 Å². The van der Waals surface area contributed by atoms with E-state index in [2.05, 4.69) is 10.5 Å². The number of amides is 1. The zero-order valence-electron chi connectivity index (χ0n) is 14.3. The van der Waals surface area contributed by atoms with Crippen LogP contribution >= 0.6 is 0 Å². The molecule has 1 N–H and O–H groups in total. The highest BCUT2D eigenvalue weighted by atomic mass is 32.2. The molecule has 2 aromatic rings. The van der Waals surface area contributed by atoms with Gasteiger partial charge >= 0.3 is 0 Å². The van der Waals surface area contributed by atoms with E-state index in [0.717, 1.165) is 0 Å². The number of morpholine rings is 1. The van der Waals surface area contributed by atoms with Crippen LogP contribution in [0.25, 0.3) is 0 Å². The van der Waals surface area contributed by atoms with Crippen LogP contribution < -0.4 is 5.43 Å². The van der Waals surface area contributed by atoms with Gasteiger partial charge in [-0.1, -0.05) is 18.2 Å². The van der Waals surface area contributed by atoms with Crippen LogP contribution in [0.3, 0.4) is 0 Å². The third kappa shape index (κ3) is 4.76. The fourth-order valence-corrected chi connectivity index (χ4v) is 3.97. The number of nitrogens with zero attached hydrogens (tertiary/aromatic N) is 2. The van der Waals surface area contributed by atoms with Crippen LogP contribution in [0.15, 0.2) is 58.5 Å². The van der Waals surface area contributed by atoms with Gasteiger partial charge in [-0.2, -0.15) is 9.41 Å². The van der Waals surface area contributed by atoms with Gasteiger partial charge in [0.1, 0.15) is 5.82 Å². The van der Waals surface area contributed by atoms with Crippen molar-refractivity contribution in [1.29, 1.82) is 0 Å². The topological polar surface area (TPSA) is 88.1 Å². The van der Waals surface area contributed by atoms with Crippen molar-refractivity contribution in [3.63, 3.8) is 0 Å². The monoisotopic (exact) mass is 391 g/mol. The van der Waals surface area contributed by atoms with Gasteiger partial charge in [-0.15, -0.1) is 0 Å². The molecule has 1 fully saturated rings. The van der Waals surface area contributed by atoms with Gasteiger partial charge in [0.2, 0.25) is 10.0 Å². The van der Waals surface area contributed by atoms with Crippen LogP contribution in [0.1, 0.15) is 15.9 Å². The quantitative estimate of drug-likeness (QED) is 0.620. The van der Waals surface area contributed by atoms with Gasteiger partial charge in [0, 0.05) is 18.7 Å². The molecule has 1 heterocycles. The fraction of sp³-hybridized carbons (Fsp3) is 0.222. The molecule has 1 amide bonds. The number of sulfonamides is 1. The zero-order chi connectivity index (χ0) is 19.3. The van der Waals surface area contributed by atoms with Gasteiger partial charge in [-0.3, -0.25) is 4.79 Å². The van der Waals surface area contributed by atoms with Crippen LogP contribution in [-0.4, -0.2) is 51.1 Å². The molecule has 2 aromatic carbocycles. The van der Waals surface area contributed by atoms with Gasteiger partial charge in [-0.05, 0) is 35.9 Å². The zero-order valence-corrected chi connectivity index (χ0v) is 15.2. The highest BCUT2D eigenvalue weighted by Gasteiger charge is 2.26. The molecule has 0 atom stereocenters. The average Bonchev–Trinajstić information content (AvgIpc) is 2.70. The van der Waals surface area contributed by atoms with Crippen LogP contribution in [0, 0.1) is 5.82 Å². The SMILES string of the molecule is O=C(NN=Cc1ccc(F)cc1)c1cccc(S(=O)(=O)N2CCOCC2)c1. The van der Waals surface area contributed by atoms with Crippen molar-refractivity contribution in [2.75, 3.05) is 26.3 Å². The summed E-state index contributed by atoms with van der Waals surface area (Å²) >= 11 is 0. The first-order valence-electron chi connectivity index (χ1n) is 8.24. The molecule has 3 rings (SSSR count). The maximum absolute atomic E-state index is 12.9. The minimum Gasteiger partial charge on any atom is -0.379 e. The van der Waals surface area contributed by atoms with Crippen molar-refractivity contribution in [3.8, 4) is 0 Å². The lowest BCUT2D eigenvalue weighted by molar-refractivity contribution is 0.0730.